The fourth-order valence-corrected chi connectivity index (χ4v) is 3.80. The summed E-state index contributed by atoms with van der Waals surface area (Å²) in [4.78, 5) is 22.0. The zero-order chi connectivity index (χ0) is 22.3. The quantitative estimate of drug-likeness (QED) is 0.453. The van der Waals surface area contributed by atoms with Gasteiger partial charge in [0.2, 0.25) is 5.82 Å². The summed E-state index contributed by atoms with van der Waals surface area (Å²) in [6.07, 6.45) is 5.37. The van der Waals surface area contributed by atoms with Crippen molar-refractivity contribution >= 4 is 11.7 Å². The van der Waals surface area contributed by atoms with Gasteiger partial charge < -0.3 is 9.64 Å². The number of aryl methyl sites for hydroxylation is 1. The number of pyridine rings is 1. The van der Waals surface area contributed by atoms with Gasteiger partial charge in [0.05, 0.1) is 13.2 Å². The molecule has 0 N–H and O–H groups in total. The van der Waals surface area contributed by atoms with Crippen LogP contribution in [0.25, 0.3) is 11.4 Å². The highest BCUT2D eigenvalue weighted by molar-refractivity contribution is 5.94. The van der Waals surface area contributed by atoms with Crippen molar-refractivity contribution in [3.8, 4) is 17.1 Å². The molecule has 9 nitrogen and oxygen atoms in total. The van der Waals surface area contributed by atoms with E-state index in [9.17, 15) is 4.79 Å². The maximum atomic E-state index is 12.7. The fourth-order valence-electron chi connectivity index (χ4n) is 3.80. The van der Waals surface area contributed by atoms with Crippen molar-refractivity contribution in [1.82, 2.24) is 30.1 Å². The number of carbonyl (C=O) groups is 1. The van der Waals surface area contributed by atoms with Crippen molar-refractivity contribution in [2.45, 2.75) is 33.2 Å². The minimum atomic E-state index is 0.0767. The second-order valence-electron chi connectivity index (χ2n) is 8.01. The summed E-state index contributed by atoms with van der Waals surface area (Å²) in [6.45, 7) is 7.75. The van der Waals surface area contributed by atoms with Gasteiger partial charge in [0.25, 0.3) is 0 Å². The number of anilines is 1. The first kappa shape index (κ1) is 21.7. The van der Waals surface area contributed by atoms with Gasteiger partial charge in [-0.1, -0.05) is 6.92 Å². The van der Waals surface area contributed by atoms with Crippen LogP contribution in [0, 0.1) is 5.92 Å². The third-order valence-corrected chi connectivity index (χ3v) is 5.56. The average molecular weight is 436 g/mol. The van der Waals surface area contributed by atoms with Crippen LogP contribution in [0.3, 0.4) is 0 Å². The highest BCUT2D eigenvalue weighted by atomic mass is 16.5. The Morgan fingerprint density at radius 2 is 1.88 bits per heavy atom. The molecule has 3 aromatic rings. The van der Waals surface area contributed by atoms with E-state index in [0.717, 1.165) is 49.5 Å². The SMILES string of the molecule is CCn1nnc(-c2ccc(OCCCC(C)CN3CCN(c4ccncc4)C3=O)cc2)n1. The lowest BCUT2D eigenvalue weighted by atomic mass is 10.1. The van der Waals surface area contributed by atoms with Crippen LogP contribution in [-0.2, 0) is 6.54 Å². The van der Waals surface area contributed by atoms with Crippen LogP contribution >= 0.6 is 0 Å². The van der Waals surface area contributed by atoms with Gasteiger partial charge in [-0.05, 0) is 67.3 Å². The summed E-state index contributed by atoms with van der Waals surface area (Å²) in [5, 5.41) is 12.4. The Morgan fingerprint density at radius 1 is 1.09 bits per heavy atom. The van der Waals surface area contributed by atoms with Crippen LogP contribution in [0.2, 0.25) is 0 Å². The van der Waals surface area contributed by atoms with Gasteiger partial charge in [0.15, 0.2) is 0 Å². The lowest BCUT2D eigenvalue weighted by Crippen LogP contribution is -2.34. The second kappa shape index (κ2) is 10.2. The van der Waals surface area contributed by atoms with E-state index in [0.29, 0.717) is 24.9 Å². The molecule has 0 saturated carbocycles. The zero-order valence-electron chi connectivity index (χ0n) is 18.6. The van der Waals surface area contributed by atoms with Crippen molar-refractivity contribution in [1.29, 1.82) is 0 Å². The molecule has 9 heteroatoms. The normalized spacial score (nSPS) is 14.8. The maximum Gasteiger partial charge on any atom is 0.324 e. The molecule has 0 aliphatic carbocycles. The van der Waals surface area contributed by atoms with E-state index in [2.05, 4.69) is 27.3 Å². The van der Waals surface area contributed by atoms with Gasteiger partial charge in [-0.25, -0.2) is 4.79 Å². The summed E-state index contributed by atoms with van der Waals surface area (Å²) >= 11 is 0. The summed E-state index contributed by atoms with van der Waals surface area (Å²) in [7, 11) is 0. The molecular weight excluding hydrogens is 406 g/mol. The molecule has 1 aliphatic rings. The summed E-state index contributed by atoms with van der Waals surface area (Å²) in [5.74, 6) is 1.85. The molecule has 168 valence electrons. The number of carbonyl (C=O) groups excluding carboxylic acids is 1. The topological polar surface area (TPSA) is 89.3 Å². The zero-order valence-corrected chi connectivity index (χ0v) is 18.6. The highest BCUT2D eigenvalue weighted by Crippen LogP contribution is 2.22. The van der Waals surface area contributed by atoms with E-state index in [-0.39, 0.29) is 6.03 Å². The standard InChI is InChI=1S/C23H29N7O2/c1-3-30-26-22(25-27-30)19-6-8-21(9-7-19)32-16-4-5-18(2)17-28-14-15-29(23(28)31)20-10-12-24-13-11-20/h6-13,18H,3-5,14-17H2,1-2H3. The molecule has 0 radical (unpaired) electrons. The number of amides is 2. The molecule has 0 spiro atoms. The Balaban J connectivity index is 1.18. The second-order valence-corrected chi connectivity index (χ2v) is 8.01. The molecular formula is C23H29N7O2. The van der Waals surface area contributed by atoms with Gasteiger partial charge in [0.1, 0.15) is 5.75 Å². The number of nitrogens with zero attached hydrogens (tertiary/aromatic N) is 7. The number of hydrogen-bond donors (Lipinski definition) is 0. The molecule has 1 atom stereocenters. The lowest BCUT2D eigenvalue weighted by Gasteiger charge is -2.22. The predicted octanol–water partition coefficient (Wildman–Crippen LogP) is 3.49. The molecule has 1 fully saturated rings. The third kappa shape index (κ3) is 5.22. The van der Waals surface area contributed by atoms with Crippen LogP contribution in [0.5, 0.6) is 5.75 Å². The Kier molecular flexibility index (Phi) is 6.94. The molecule has 4 rings (SSSR count). The molecule has 0 bridgehead atoms. The van der Waals surface area contributed by atoms with Gasteiger partial charge in [0, 0.05) is 43.3 Å². The number of hydrogen-bond acceptors (Lipinski definition) is 6. The van der Waals surface area contributed by atoms with Gasteiger partial charge in [-0.3, -0.25) is 9.88 Å². The van der Waals surface area contributed by atoms with Crippen LogP contribution < -0.4 is 9.64 Å². The number of urea groups is 1. The number of rotatable bonds is 10. The van der Waals surface area contributed by atoms with Crippen molar-refractivity contribution in [3.05, 3.63) is 48.8 Å². The van der Waals surface area contributed by atoms with Crippen LogP contribution in [0.15, 0.2) is 48.8 Å². The van der Waals surface area contributed by atoms with Gasteiger partial charge in [-0.2, -0.15) is 4.80 Å². The minimum absolute atomic E-state index is 0.0767. The van der Waals surface area contributed by atoms with Crippen molar-refractivity contribution in [3.63, 3.8) is 0 Å². The largest absolute Gasteiger partial charge is 0.494 e. The first-order valence-corrected chi connectivity index (χ1v) is 11.1. The lowest BCUT2D eigenvalue weighted by molar-refractivity contribution is 0.209. The molecule has 1 unspecified atom stereocenters. The summed E-state index contributed by atoms with van der Waals surface area (Å²) in [5.41, 5.74) is 1.83. The fraction of sp³-hybridized carbons (Fsp3) is 0.435. The molecule has 1 aromatic carbocycles. The first-order valence-electron chi connectivity index (χ1n) is 11.1. The van der Waals surface area contributed by atoms with Crippen LogP contribution in [-0.4, -0.2) is 62.4 Å². The first-order chi connectivity index (χ1) is 15.6. The molecule has 2 aromatic heterocycles. The van der Waals surface area contributed by atoms with Crippen molar-refractivity contribution < 1.29 is 9.53 Å². The van der Waals surface area contributed by atoms with Crippen molar-refractivity contribution in [2.24, 2.45) is 5.92 Å². The number of ether oxygens (including phenoxy) is 1. The Labute approximate surface area is 188 Å². The van der Waals surface area contributed by atoms with E-state index in [1.807, 2.05) is 53.1 Å². The number of aromatic nitrogens is 5. The van der Waals surface area contributed by atoms with Crippen molar-refractivity contribution in [2.75, 3.05) is 31.1 Å². The van der Waals surface area contributed by atoms with Gasteiger partial charge >= 0.3 is 6.03 Å². The maximum absolute atomic E-state index is 12.7. The summed E-state index contributed by atoms with van der Waals surface area (Å²) < 4.78 is 5.88. The highest BCUT2D eigenvalue weighted by Gasteiger charge is 2.30. The van der Waals surface area contributed by atoms with E-state index < -0.39 is 0 Å². The summed E-state index contributed by atoms with van der Waals surface area (Å²) in [6, 6.07) is 11.6. The van der Waals surface area contributed by atoms with Crippen LogP contribution in [0.4, 0.5) is 10.5 Å². The smallest absolute Gasteiger partial charge is 0.324 e. The van der Waals surface area contributed by atoms with Crippen LogP contribution in [0.1, 0.15) is 26.7 Å². The third-order valence-electron chi connectivity index (χ3n) is 5.56. The molecule has 1 saturated heterocycles. The molecule has 2 amide bonds. The van der Waals surface area contributed by atoms with Gasteiger partial charge in [-0.15, -0.1) is 10.2 Å². The van der Waals surface area contributed by atoms with E-state index in [4.69, 9.17) is 4.74 Å². The minimum Gasteiger partial charge on any atom is -0.494 e. The Morgan fingerprint density at radius 3 is 2.59 bits per heavy atom. The molecule has 1 aliphatic heterocycles. The average Bonchev–Trinajstić information content (AvgIpc) is 3.45. The number of tetrazole rings is 1. The predicted molar refractivity (Wildman–Crippen MR) is 121 cm³/mol. The van der Waals surface area contributed by atoms with E-state index in [1.165, 1.54) is 0 Å². The molecule has 32 heavy (non-hydrogen) atoms. The molecule has 3 heterocycles. The Bertz CT molecular complexity index is 1010. The Hall–Kier alpha value is -3.49. The monoisotopic (exact) mass is 435 g/mol. The van der Waals surface area contributed by atoms with E-state index in [1.54, 1.807) is 17.2 Å². The van der Waals surface area contributed by atoms with E-state index >= 15 is 0 Å². The number of benzene rings is 1.